The number of carbonyl (C=O) groups excluding carboxylic acids is 1. The second kappa shape index (κ2) is 6.00. The number of carbonyl (C=O) groups is 2. The van der Waals surface area contributed by atoms with E-state index < -0.39 is 17.6 Å². The first-order chi connectivity index (χ1) is 7.94. The predicted molar refractivity (Wildman–Crippen MR) is 62.2 cm³/mol. The lowest BCUT2D eigenvalue weighted by atomic mass is 9.84. The maximum atomic E-state index is 11.0. The van der Waals surface area contributed by atoms with E-state index in [1.807, 2.05) is 0 Å². The smallest absolute Gasteiger partial charge is 0.357 e. The lowest BCUT2D eigenvalue weighted by molar-refractivity contribution is -0.166. The molecule has 3 N–H and O–H groups in total. The average Bonchev–Trinajstić information content (AvgIpc) is 2.27. The fraction of sp³-hybridized carbons (Fsp3) is 0.833. The minimum atomic E-state index is -2.11. The summed E-state index contributed by atoms with van der Waals surface area (Å²) in [5, 5.41) is 20.9. The Hall–Kier alpha value is -1.10. The summed E-state index contributed by atoms with van der Waals surface area (Å²) >= 11 is 0. The Kier molecular flexibility index (Phi) is 4.93. The van der Waals surface area contributed by atoms with Gasteiger partial charge in [-0.3, -0.25) is 4.79 Å². The molecule has 1 aliphatic rings. The quantitative estimate of drug-likeness (QED) is 0.634. The van der Waals surface area contributed by atoms with Gasteiger partial charge in [0.25, 0.3) is 0 Å². The topological polar surface area (TPSA) is 86.6 Å². The van der Waals surface area contributed by atoms with E-state index in [1.54, 1.807) is 0 Å². The van der Waals surface area contributed by atoms with Crippen LogP contribution in [-0.2, 0) is 9.59 Å². The highest BCUT2D eigenvalue weighted by Crippen LogP contribution is 2.29. The van der Waals surface area contributed by atoms with Crippen molar-refractivity contribution in [2.75, 3.05) is 0 Å². The Balaban J connectivity index is 2.48. The van der Waals surface area contributed by atoms with Gasteiger partial charge in [0.05, 0.1) is 0 Å². The van der Waals surface area contributed by atoms with Crippen LogP contribution in [0.3, 0.4) is 0 Å². The van der Waals surface area contributed by atoms with Crippen molar-refractivity contribution in [3.05, 3.63) is 0 Å². The molecule has 0 saturated heterocycles. The van der Waals surface area contributed by atoms with E-state index in [0.717, 1.165) is 12.8 Å². The summed E-state index contributed by atoms with van der Waals surface area (Å²) in [5.74, 6) is -1.44. The molecule has 0 aliphatic heterocycles. The van der Waals surface area contributed by atoms with Gasteiger partial charge in [-0.15, -0.1) is 0 Å². The maximum Gasteiger partial charge on any atom is 0.357 e. The molecule has 17 heavy (non-hydrogen) atoms. The summed E-state index contributed by atoms with van der Waals surface area (Å²) in [7, 11) is 0. The van der Waals surface area contributed by atoms with Gasteiger partial charge in [0.2, 0.25) is 11.6 Å². The van der Waals surface area contributed by atoms with E-state index in [1.165, 1.54) is 26.2 Å². The Bertz CT molecular complexity index is 286. The zero-order valence-corrected chi connectivity index (χ0v) is 10.2. The van der Waals surface area contributed by atoms with Crippen LogP contribution in [0.4, 0.5) is 0 Å². The van der Waals surface area contributed by atoms with Gasteiger partial charge in [-0.2, -0.15) is 0 Å². The molecule has 5 heteroatoms. The second-order valence-corrected chi connectivity index (χ2v) is 4.89. The normalized spacial score (nSPS) is 20.6. The zero-order chi connectivity index (χ0) is 12.9. The zero-order valence-electron chi connectivity index (χ0n) is 10.2. The first-order valence-corrected chi connectivity index (χ1v) is 6.18. The average molecular weight is 243 g/mol. The van der Waals surface area contributed by atoms with E-state index in [4.69, 9.17) is 5.11 Å². The molecule has 1 saturated carbocycles. The largest absolute Gasteiger partial charge is 0.478 e. The molecule has 1 unspecified atom stereocenters. The van der Waals surface area contributed by atoms with Crippen LogP contribution in [0.5, 0.6) is 0 Å². The number of carboxylic acid groups (broad SMARTS) is 1. The van der Waals surface area contributed by atoms with Gasteiger partial charge in [-0.05, 0) is 12.3 Å². The lowest BCUT2D eigenvalue weighted by Crippen LogP contribution is -2.54. The van der Waals surface area contributed by atoms with E-state index in [2.05, 4.69) is 5.32 Å². The van der Waals surface area contributed by atoms with Gasteiger partial charge >= 0.3 is 5.97 Å². The molecule has 0 spiro atoms. The van der Waals surface area contributed by atoms with Gasteiger partial charge in [0, 0.05) is 13.3 Å². The molecule has 0 aromatic carbocycles. The summed E-state index contributed by atoms with van der Waals surface area (Å²) in [6, 6.07) is 0. The van der Waals surface area contributed by atoms with Crippen molar-refractivity contribution in [3.63, 3.8) is 0 Å². The number of aliphatic carboxylic acids is 1. The van der Waals surface area contributed by atoms with Crippen molar-refractivity contribution >= 4 is 11.9 Å². The number of carboxylic acids is 1. The molecule has 1 rings (SSSR count). The summed E-state index contributed by atoms with van der Waals surface area (Å²) < 4.78 is 0. The molecule has 98 valence electrons. The molecule has 0 radical (unpaired) electrons. The number of amides is 1. The number of nitrogens with one attached hydrogen (secondary N) is 1. The molecule has 0 heterocycles. The van der Waals surface area contributed by atoms with Crippen LogP contribution in [0.1, 0.15) is 51.9 Å². The SMILES string of the molecule is CC(=O)NC(O)(CCC1CCCCC1)C(=O)O. The van der Waals surface area contributed by atoms with Gasteiger partial charge in [0.1, 0.15) is 0 Å². The van der Waals surface area contributed by atoms with Crippen LogP contribution >= 0.6 is 0 Å². The molecular formula is C12H21NO4. The number of hydrogen-bond donors (Lipinski definition) is 3. The van der Waals surface area contributed by atoms with Crippen LogP contribution in [-0.4, -0.2) is 27.8 Å². The molecule has 1 atom stereocenters. The first kappa shape index (κ1) is 14.0. The molecule has 0 bridgehead atoms. The molecule has 1 fully saturated rings. The van der Waals surface area contributed by atoms with Crippen LogP contribution < -0.4 is 5.32 Å². The first-order valence-electron chi connectivity index (χ1n) is 6.18. The lowest BCUT2D eigenvalue weighted by Gasteiger charge is -2.27. The van der Waals surface area contributed by atoms with Crippen LogP contribution in [0.25, 0.3) is 0 Å². The second-order valence-electron chi connectivity index (χ2n) is 4.89. The molecule has 1 amide bonds. The third-order valence-electron chi connectivity index (χ3n) is 3.38. The van der Waals surface area contributed by atoms with Gasteiger partial charge in [-0.25, -0.2) is 4.79 Å². The minimum absolute atomic E-state index is 0.0760. The monoisotopic (exact) mass is 243 g/mol. The summed E-state index contributed by atoms with van der Waals surface area (Å²) in [6.07, 6.45) is 6.50. The Morgan fingerprint density at radius 2 is 1.88 bits per heavy atom. The standard InChI is InChI=1S/C12H21NO4/c1-9(14)13-12(17,11(15)16)8-7-10-5-3-2-4-6-10/h10,17H,2-8H2,1H3,(H,13,14)(H,15,16). The highest BCUT2D eigenvalue weighted by atomic mass is 16.4. The summed E-state index contributed by atoms with van der Waals surface area (Å²) in [5.41, 5.74) is -2.11. The van der Waals surface area contributed by atoms with Crippen LogP contribution in [0, 0.1) is 5.92 Å². The Morgan fingerprint density at radius 3 is 2.35 bits per heavy atom. The third kappa shape index (κ3) is 4.34. The highest BCUT2D eigenvalue weighted by Gasteiger charge is 2.37. The fourth-order valence-corrected chi connectivity index (χ4v) is 2.40. The van der Waals surface area contributed by atoms with E-state index in [9.17, 15) is 14.7 Å². The van der Waals surface area contributed by atoms with Gasteiger partial charge < -0.3 is 15.5 Å². The third-order valence-corrected chi connectivity index (χ3v) is 3.38. The van der Waals surface area contributed by atoms with Crippen molar-refractivity contribution in [1.82, 2.24) is 5.32 Å². The fourth-order valence-electron chi connectivity index (χ4n) is 2.40. The van der Waals surface area contributed by atoms with Crippen molar-refractivity contribution in [2.24, 2.45) is 5.92 Å². The van der Waals surface area contributed by atoms with Crippen molar-refractivity contribution < 1.29 is 19.8 Å². The van der Waals surface area contributed by atoms with Gasteiger partial charge in [-0.1, -0.05) is 32.1 Å². The Morgan fingerprint density at radius 1 is 1.29 bits per heavy atom. The minimum Gasteiger partial charge on any atom is -0.478 e. The van der Waals surface area contributed by atoms with Crippen molar-refractivity contribution in [3.8, 4) is 0 Å². The molecule has 0 aromatic heterocycles. The molecular weight excluding hydrogens is 222 g/mol. The molecule has 0 aromatic rings. The van der Waals surface area contributed by atoms with Crippen molar-refractivity contribution in [1.29, 1.82) is 0 Å². The van der Waals surface area contributed by atoms with E-state index in [-0.39, 0.29) is 6.42 Å². The molecule has 1 aliphatic carbocycles. The van der Waals surface area contributed by atoms with Crippen LogP contribution in [0.2, 0.25) is 0 Å². The van der Waals surface area contributed by atoms with Crippen LogP contribution in [0.15, 0.2) is 0 Å². The van der Waals surface area contributed by atoms with Crippen molar-refractivity contribution in [2.45, 2.75) is 57.6 Å². The van der Waals surface area contributed by atoms with Gasteiger partial charge in [0.15, 0.2) is 0 Å². The summed E-state index contributed by atoms with van der Waals surface area (Å²) in [6.45, 7) is 1.20. The highest BCUT2D eigenvalue weighted by molar-refractivity contribution is 5.84. The number of hydrogen-bond acceptors (Lipinski definition) is 3. The van der Waals surface area contributed by atoms with E-state index >= 15 is 0 Å². The Labute approximate surface area is 101 Å². The predicted octanol–water partition coefficient (Wildman–Crippen LogP) is 1.26. The summed E-state index contributed by atoms with van der Waals surface area (Å²) in [4.78, 5) is 21.8. The van der Waals surface area contributed by atoms with E-state index in [0.29, 0.717) is 12.3 Å². The molecule has 5 nitrogen and oxygen atoms in total. The number of aliphatic hydroxyl groups is 1. The number of rotatable bonds is 5. The maximum absolute atomic E-state index is 11.0.